The molecular formula is C8H10Cl2N2O. The number of rotatable bonds is 3. The summed E-state index contributed by atoms with van der Waals surface area (Å²) in [6.45, 7) is 2.21. The second-order valence-corrected chi connectivity index (χ2v) is 3.53. The molecule has 0 aromatic carbocycles. The molecule has 1 aromatic heterocycles. The van der Waals surface area contributed by atoms with Gasteiger partial charge in [0.2, 0.25) is 0 Å². The molecule has 0 saturated heterocycles. The van der Waals surface area contributed by atoms with Gasteiger partial charge in [-0.05, 0) is 6.92 Å². The zero-order valence-electron chi connectivity index (χ0n) is 7.13. The standard InChI is InChI=1S/C8H10Cl2N2O/c1-5(11)4-13-8-6(9)2-12-3-7(8)10/h2-3,5H,4,11H2,1H3. The van der Waals surface area contributed by atoms with E-state index in [-0.39, 0.29) is 6.04 Å². The number of ether oxygens (including phenoxy) is 1. The van der Waals surface area contributed by atoms with Crippen LogP contribution in [0.15, 0.2) is 12.4 Å². The van der Waals surface area contributed by atoms with Gasteiger partial charge < -0.3 is 10.5 Å². The maximum Gasteiger partial charge on any atom is 0.159 e. The van der Waals surface area contributed by atoms with Gasteiger partial charge in [-0.25, -0.2) is 0 Å². The van der Waals surface area contributed by atoms with Gasteiger partial charge >= 0.3 is 0 Å². The average Bonchev–Trinajstić information content (AvgIpc) is 2.03. The highest BCUT2D eigenvalue weighted by molar-refractivity contribution is 6.36. The molecule has 5 heteroatoms. The molecule has 13 heavy (non-hydrogen) atoms. The highest BCUT2D eigenvalue weighted by atomic mass is 35.5. The molecule has 0 fully saturated rings. The highest BCUT2D eigenvalue weighted by Crippen LogP contribution is 2.31. The molecule has 72 valence electrons. The summed E-state index contributed by atoms with van der Waals surface area (Å²) in [5.41, 5.74) is 5.51. The molecule has 1 heterocycles. The Kier molecular flexibility index (Phi) is 3.78. The second-order valence-electron chi connectivity index (χ2n) is 2.72. The molecule has 1 aromatic rings. The van der Waals surface area contributed by atoms with Crippen LogP contribution in [0.4, 0.5) is 0 Å². The molecule has 0 bridgehead atoms. The van der Waals surface area contributed by atoms with Gasteiger partial charge in [0, 0.05) is 18.4 Å². The van der Waals surface area contributed by atoms with Crippen molar-refractivity contribution in [3.8, 4) is 5.75 Å². The summed E-state index contributed by atoms with van der Waals surface area (Å²) in [6.07, 6.45) is 2.95. The first kappa shape index (κ1) is 10.6. The van der Waals surface area contributed by atoms with Crippen molar-refractivity contribution in [3.05, 3.63) is 22.4 Å². The molecule has 1 rings (SSSR count). The normalized spacial score (nSPS) is 12.6. The van der Waals surface area contributed by atoms with Crippen LogP contribution in [0.2, 0.25) is 10.0 Å². The van der Waals surface area contributed by atoms with Crippen molar-refractivity contribution < 1.29 is 4.74 Å². The number of aromatic nitrogens is 1. The summed E-state index contributed by atoms with van der Waals surface area (Å²) in [4.78, 5) is 3.80. The number of nitrogens with two attached hydrogens (primary N) is 1. The van der Waals surface area contributed by atoms with E-state index in [0.29, 0.717) is 22.4 Å². The van der Waals surface area contributed by atoms with Gasteiger partial charge in [-0.2, -0.15) is 0 Å². The number of hydrogen-bond acceptors (Lipinski definition) is 3. The van der Waals surface area contributed by atoms with Gasteiger partial charge in [0.1, 0.15) is 16.7 Å². The minimum atomic E-state index is -0.0553. The molecule has 3 nitrogen and oxygen atoms in total. The quantitative estimate of drug-likeness (QED) is 0.850. The number of nitrogens with zero attached hydrogens (tertiary/aromatic N) is 1. The first-order valence-electron chi connectivity index (χ1n) is 3.78. The Morgan fingerprint density at radius 2 is 2.00 bits per heavy atom. The SMILES string of the molecule is CC(N)COc1c(Cl)cncc1Cl. The third-order valence-corrected chi connectivity index (χ3v) is 1.84. The molecule has 0 radical (unpaired) electrons. The first-order valence-corrected chi connectivity index (χ1v) is 4.54. The van der Waals surface area contributed by atoms with E-state index >= 15 is 0 Å². The van der Waals surface area contributed by atoms with Crippen molar-refractivity contribution in [2.24, 2.45) is 5.73 Å². The van der Waals surface area contributed by atoms with Crippen LogP contribution in [0.3, 0.4) is 0 Å². The van der Waals surface area contributed by atoms with E-state index in [1.54, 1.807) is 0 Å². The Balaban J connectivity index is 2.75. The van der Waals surface area contributed by atoms with Gasteiger partial charge in [-0.15, -0.1) is 0 Å². The fourth-order valence-corrected chi connectivity index (χ4v) is 1.23. The van der Waals surface area contributed by atoms with Crippen LogP contribution in [0.25, 0.3) is 0 Å². The Bertz CT molecular complexity index is 271. The minimum absolute atomic E-state index is 0.0553. The monoisotopic (exact) mass is 220 g/mol. The maximum absolute atomic E-state index is 5.80. The van der Waals surface area contributed by atoms with Crippen LogP contribution in [0, 0.1) is 0 Å². The van der Waals surface area contributed by atoms with Crippen molar-refractivity contribution in [2.75, 3.05) is 6.61 Å². The fourth-order valence-electron chi connectivity index (χ4n) is 0.752. The largest absolute Gasteiger partial charge is 0.489 e. The lowest BCUT2D eigenvalue weighted by Crippen LogP contribution is -2.23. The van der Waals surface area contributed by atoms with Gasteiger partial charge in [0.15, 0.2) is 5.75 Å². The minimum Gasteiger partial charge on any atom is -0.489 e. The second kappa shape index (κ2) is 4.65. The van der Waals surface area contributed by atoms with E-state index in [4.69, 9.17) is 33.7 Å². The lowest BCUT2D eigenvalue weighted by molar-refractivity contribution is 0.296. The van der Waals surface area contributed by atoms with Crippen LogP contribution in [0.5, 0.6) is 5.75 Å². The molecule has 0 aliphatic heterocycles. The molecule has 0 saturated carbocycles. The Morgan fingerprint density at radius 1 is 1.46 bits per heavy atom. The molecule has 0 aliphatic rings. The van der Waals surface area contributed by atoms with Crippen LogP contribution in [0.1, 0.15) is 6.92 Å². The average molecular weight is 221 g/mol. The summed E-state index contributed by atoms with van der Waals surface area (Å²) in [5, 5.41) is 0.793. The zero-order chi connectivity index (χ0) is 9.84. The van der Waals surface area contributed by atoms with Gasteiger partial charge in [0.05, 0.1) is 0 Å². The molecule has 1 atom stereocenters. The summed E-state index contributed by atoms with van der Waals surface area (Å²) in [5.74, 6) is 0.440. The van der Waals surface area contributed by atoms with Gasteiger partial charge in [0.25, 0.3) is 0 Å². The van der Waals surface area contributed by atoms with Gasteiger partial charge in [-0.1, -0.05) is 23.2 Å². The fraction of sp³-hybridized carbons (Fsp3) is 0.375. The smallest absolute Gasteiger partial charge is 0.159 e. The highest BCUT2D eigenvalue weighted by Gasteiger charge is 2.07. The van der Waals surface area contributed by atoms with E-state index < -0.39 is 0 Å². The van der Waals surface area contributed by atoms with Crippen LogP contribution < -0.4 is 10.5 Å². The van der Waals surface area contributed by atoms with Crippen LogP contribution in [-0.2, 0) is 0 Å². The molecule has 2 N–H and O–H groups in total. The van der Waals surface area contributed by atoms with Crippen LogP contribution >= 0.6 is 23.2 Å². The maximum atomic E-state index is 5.80. The Labute approximate surface area is 86.8 Å². The Morgan fingerprint density at radius 3 is 2.46 bits per heavy atom. The predicted octanol–water partition coefficient (Wildman–Crippen LogP) is 2.11. The first-order chi connectivity index (χ1) is 6.11. The Hall–Kier alpha value is -0.510. The zero-order valence-corrected chi connectivity index (χ0v) is 8.64. The van der Waals surface area contributed by atoms with E-state index in [2.05, 4.69) is 4.98 Å². The van der Waals surface area contributed by atoms with Crippen LogP contribution in [-0.4, -0.2) is 17.6 Å². The topological polar surface area (TPSA) is 48.1 Å². The molecular weight excluding hydrogens is 211 g/mol. The molecule has 0 spiro atoms. The van der Waals surface area contributed by atoms with E-state index in [0.717, 1.165) is 0 Å². The van der Waals surface area contributed by atoms with Crippen molar-refractivity contribution in [1.82, 2.24) is 4.98 Å². The lowest BCUT2D eigenvalue weighted by Gasteiger charge is -2.10. The third kappa shape index (κ3) is 3.03. The summed E-state index contributed by atoms with van der Waals surface area (Å²) < 4.78 is 5.30. The number of hydrogen-bond donors (Lipinski definition) is 1. The van der Waals surface area contributed by atoms with Gasteiger partial charge in [-0.3, -0.25) is 4.98 Å². The van der Waals surface area contributed by atoms with Crippen molar-refractivity contribution >= 4 is 23.2 Å². The summed E-state index contributed by atoms with van der Waals surface area (Å²) in [7, 11) is 0. The van der Waals surface area contributed by atoms with E-state index in [9.17, 15) is 0 Å². The summed E-state index contributed by atoms with van der Waals surface area (Å²) in [6, 6.07) is -0.0553. The third-order valence-electron chi connectivity index (χ3n) is 1.30. The number of pyridine rings is 1. The van der Waals surface area contributed by atoms with E-state index in [1.165, 1.54) is 12.4 Å². The molecule has 0 amide bonds. The van der Waals surface area contributed by atoms with Crippen molar-refractivity contribution in [2.45, 2.75) is 13.0 Å². The number of halogens is 2. The van der Waals surface area contributed by atoms with Crippen molar-refractivity contribution in [1.29, 1.82) is 0 Å². The van der Waals surface area contributed by atoms with E-state index in [1.807, 2.05) is 6.92 Å². The lowest BCUT2D eigenvalue weighted by atomic mass is 10.4. The predicted molar refractivity (Wildman–Crippen MR) is 53.4 cm³/mol. The summed E-state index contributed by atoms with van der Waals surface area (Å²) >= 11 is 11.6. The molecule has 1 unspecified atom stereocenters. The van der Waals surface area contributed by atoms with Crippen molar-refractivity contribution in [3.63, 3.8) is 0 Å². The molecule has 0 aliphatic carbocycles.